The molecule has 0 aliphatic rings. The molecule has 0 heterocycles. The fourth-order valence-corrected chi connectivity index (χ4v) is 1.53. The van der Waals surface area contributed by atoms with E-state index in [1.54, 1.807) is 19.1 Å². The van der Waals surface area contributed by atoms with Crippen molar-refractivity contribution in [3.63, 3.8) is 0 Å². The molecule has 0 bridgehead atoms. The van der Waals surface area contributed by atoms with E-state index in [1.165, 1.54) is 6.07 Å². The van der Waals surface area contributed by atoms with E-state index in [0.29, 0.717) is 13.0 Å². The summed E-state index contributed by atoms with van der Waals surface area (Å²) in [6.07, 6.45) is 0.782. The van der Waals surface area contributed by atoms with Crippen molar-refractivity contribution < 1.29 is 19.2 Å². The average molecular weight is 267 g/mol. The van der Waals surface area contributed by atoms with Gasteiger partial charge in [-0.15, -0.1) is 0 Å². The molecular formula is C13H17NO5. The first-order valence-corrected chi connectivity index (χ1v) is 6.14. The van der Waals surface area contributed by atoms with Crippen LogP contribution in [-0.4, -0.2) is 24.1 Å². The van der Waals surface area contributed by atoms with E-state index in [-0.39, 0.29) is 30.4 Å². The van der Waals surface area contributed by atoms with Crippen molar-refractivity contribution in [2.45, 2.75) is 26.7 Å². The molecular weight excluding hydrogens is 250 g/mol. The summed E-state index contributed by atoms with van der Waals surface area (Å²) in [5.74, 6) is -0.207. The molecule has 0 saturated heterocycles. The van der Waals surface area contributed by atoms with Crippen molar-refractivity contribution in [2.75, 3.05) is 13.2 Å². The highest BCUT2D eigenvalue weighted by Crippen LogP contribution is 2.28. The minimum atomic E-state index is -0.487. The molecule has 0 aliphatic heterocycles. The van der Waals surface area contributed by atoms with Gasteiger partial charge in [0.15, 0.2) is 5.75 Å². The average Bonchev–Trinajstić information content (AvgIpc) is 2.39. The Labute approximate surface area is 111 Å². The second-order valence-electron chi connectivity index (χ2n) is 3.82. The summed E-state index contributed by atoms with van der Waals surface area (Å²) < 4.78 is 10.0. The van der Waals surface area contributed by atoms with Crippen LogP contribution in [0, 0.1) is 10.1 Å². The maximum absolute atomic E-state index is 11.1. The summed E-state index contributed by atoms with van der Waals surface area (Å²) in [5.41, 5.74) is 0.785. The predicted molar refractivity (Wildman–Crippen MR) is 69.2 cm³/mol. The Balaban J connectivity index is 2.67. The lowest BCUT2D eigenvalue weighted by Crippen LogP contribution is -2.10. The number of carbonyl (C=O) groups excluding carboxylic acids is 1. The van der Waals surface area contributed by atoms with Crippen molar-refractivity contribution in [2.24, 2.45) is 0 Å². The normalized spacial score (nSPS) is 10.0. The van der Waals surface area contributed by atoms with E-state index >= 15 is 0 Å². The molecule has 1 rings (SSSR count). The SMILES string of the molecule is CCOC(=O)CCOc1ccc(CC)cc1[N+](=O)[O-]. The summed E-state index contributed by atoms with van der Waals surface area (Å²) in [6.45, 7) is 4.00. The first-order chi connectivity index (χ1) is 9.08. The van der Waals surface area contributed by atoms with Crippen LogP contribution in [0.4, 0.5) is 5.69 Å². The quantitative estimate of drug-likeness (QED) is 0.431. The Hall–Kier alpha value is -2.11. The Morgan fingerprint density at radius 3 is 2.68 bits per heavy atom. The van der Waals surface area contributed by atoms with E-state index in [9.17, 15) is 14.9 Å². The summed E-state index contributed by atoms with van der Waals surface area (Å²) >= 11 is 0. The van der Waals surface area contributed by atoms with Gasteiger partial charge in [0.1, 0.15) is 0 Å². The van der Waals surface area contributed by atoms with Crippen molar-refractivity contribution in [3.05, 3.63) is 33.9 Å². The fraction of sp³-hybridized carbons (Fsp3) is 0.462. The van der Waals surface area contributed by atoms with Crippen LogP contribution in [0.1, 0.15) is 25.8 Å². The zero-order chi connectivity index (χ0) is 14.3. The molecule has 19 heavy (non-hydrogen) atoms. The molecule has 0 N–H and O–H groups in total. The van der Waals surface area contributed by atoms with Crippen LogP contribution in [-0.2, 0) is 16.0 Å². The molecule has 104 valence electrons. The lowest BCUT2D eigenvalue weighted by molar-refractivity contribution is -0.385. The molecule has 0 spiro atoms. The summed E-state index contributed by atoms with van der Waals surface area (Å²) in [6, 6.07) is 4.81. The number of carbonyl (C=O) groups is 1. The minimum absolute atomic E-state index is 0.0607. The van der Waals surface area contributed by atoms with Gasteiger partial charge in [0.25, 0.3) is 0 Å². The van der Waals surface area contributed by atoms with Crippen molar-refractivity contribution in [1.29, 1.82) is 0 Å². The van der Waals surface area contributed by atoms with Gasteiger partial charge >= 0.3 is 11.7 Å². The highest BCUT2D eigenvalue weighted by atomic mass is 16.6. The van der Waals surface area contributed by atoms with E-state index in [2.05, 4.69) is 0 Å². The molecule has 6 heteroatoms. The number of ether oxygens (including phenoxy) is 2. The number of nitrogens with zero attached hydrogens (tertiary/aromatic N) is 1. The molecule has 0 amide bonds. The van der Waals surface area contributed by atoms with E-state index in [1.807, 2.05) is 6.92 Å². The van der Waals surface area contributed by atoms with Gasteiger partial charge in [-0.05, 0) is 25.0 Å². The highest BCUT2D eigenvalue weighted by molar-refractivity contribution is 5.69. The van der Waals surface area contributed by atoms with Crippen LogP contribution in [0.15, 0.2) is 18.2 Å². The van der Waals surface area contributed by atoms with Crippen molar-refractivity contribution >= 4 is 11.7 Å². The predicted octanol–water partition coefficient (Wildman–Crippen LogP) is 2.49. The molecule has 0 radical (unpaired) electrons. The topological polar surface area (TPSA) is 78.7 Å². The molecule has 6 nitrogen and oxygen atoms in total. The van der Waals surface area contributed by atoms with Crippen LogP contribution in [0.2, 0.25) is 0 Å². The largest absolute Gasteiger partial charge is 0.486 e. The van der Waals surface area contributed by atoms with Crippen LogP contribution in [0.5, 0.6) is 5.75 Å². The second-order valence-corrected chi connectivity index (χ2v) is 3.82. The van der Waals surface area contributed by atoms with Crippen LogP contribution in [0.3, 0.4) is 0 Å². The number of aryl methyl sites for hydroxylation is 1. The van der Waals surface area contributed by atoms with Crippen LogP contribution < -0.4 is 4.74 Å². The lowest BCUT2D eigenvalue weighted by Gasteiger charge is -2.07. The fourth-order valence-electron chi connectivity index (χ4n) is 1.53. The van der Waals surface area contributed by atoms with E-state index in [4.69, 9.17) is 9.47 Å². The van der Waals surface area contributed by atoms with E-state index in [0.717, 1.165) is 5.56 Å². The number of nitro groups is 1. The van der Waals surface area contributed by atoms with Gasteiger partial charge in [-0.25, -0.2) is 0 Å². The van der Waals surface area contributed by atoms with Gasteiger partial charge in [0.05, 0.1) is 24.6 Å². The third-order valence-corrected chi connectivity index (χ3v) is 2.50. The number of rotatable bonds is 7. The van der Waals surface area contributed by atoms with Gasteiger partial charge in [0, 0.05) is 6.07 Å². The number of esters is 1. The Kier molecular flexibility index (Phi) is 5.78. The van der Waals surface area contributed by atoms with Gasteiger partial charge in [-0.2, -0.15) is 0 Å². The van der Waals surface area contributed by atoms with Crippen molar-refractivity contribution in [1.82, 2.24) is 0 Å². The van der Waals surface area contributed by atoms with E-state index < -0.39 is 4.92 Å². The van der Waals surface area contributed by atoms with Gasteiger partial charge in [-0.3, -0.25) is 14.9 Å². The van der Waals surface area contributed by atoms with Gasteiger partial charge < -0.3 is 9.47 Å². The molecule has 0 aromatic heterocycles. The highest BCUT2D eigenvalue weighted by Gasteiger charge is 2.16. The maximum atomic E-state index is 11.1. The lowest BCUT2D eigenvalue weighted by atomic mass is 10.1. The molecule has 0 saturated carbocycles. The molecule has 1 aromatic carbocycles. The third-order valence-electron chi connectivity index (χ3n) is 2.50. The molecule has 1 aromatic rings. The van der Waals surface area contributed by atoms with Crippen LogP contribution in [0.25, 0.3) is 0 Å². The summed E-state index contributed by atoms with van der Waals surface area (Å²) in [5, 5.41) is 10.9. The molecule has 0 fully saturated rings. The molecule has 0 unspecified atom stereocenters. The second kappa shape index (κ2) is 7.35. The maximum Gasteiger partial charge on any atom is 0.311 e. The Morgan fingerprint density at radius 1 is 1.37 bits per heavy atom. The molecule has 0 atom stereocenters. The number of benzene rings is 1. The zero-order valence-electron chi connectivity index (χ0n) is 11.0. The zero-order valence-corrected chi connectivity index (χ0v) is 11.0. The first kappa shape index (κ1) is 14.9. The minimum Gasteiger partial charge on any atom is -0.486 e. The van der Waals surface area contributed by atoms with Gasteiger partial charge in [0.2, 0.25) is 0 Å². The standard InChI is InChI=1S/C13H17NO5/c1-3-10-5-6-12(11(9-10)14(16)17)19-8-7-13(15)18-4-2/h5-6,9H,3-4,7-8H2,1-2H3. The number of nitro benzene ring substituents is 1. The van der Waals surface area contributed by atoms with Crippen molar-refractivity contribution in [3.8, 4) is 5.75 Å². The van der Waals surface area contributed by atoms with Crippen LogP contribution >= 0.6 is 0 Å². The van der Waals surface area contributed by atoms with Gasteiger partial charge in [-0.1, -0.05) is 13.0 Å². The molecule has 0 aliphatic carbocycles. The number of hydrogen-bond donors (Lipinski definition) is 0. The monoisotopic (exact) mass is 267 g/mol. The first-order valence-electron chi connectivity index (χ1n) is 6.14. The smallest absolute Gasteiger partial charge is 0.311 e. The summed E-state index contributed by atoms with van der Waals surface area (Å²) in [7, 11) is 0. The number of hydrogen-bond acceptors (Lipinski definition) is 5. The third kappa shape index (κ3) is 4.57. The summed E-state index contributed by atoms with van der Waals surface area (Å²) in [4.78, 5) is 21.6. The Morgan fingerprint density at radius 2 is 2.11 bits per heavy atom. The Bertz CT molecular complexity index is 458.